The molecule has 0 saturated heterocycles. The SMILES string of the molecule is CN(Cc1ccccc1)S(=O)(=O)NCC1(CCO)CC1. The van der Waals surface area contributed by atoms with Crippen LogP contribution in [0.25, 0.3) is 0 Å². The van der Waals surface area contributed by atoms with Gasteiger partial charge in [0.2, 0.25) is 0 Å². The van der Waals surface area contributed by atoms with Gasteiger partial charge in [-0.15, -0.1) is 0 Å². The number of rotatable bonds is 8. The summed E-state index contributed by atoms with van der Waals surface area (Å²) >= 11 is 0. The lowest BCUT2D eigenvalue weighted by molar-refractivity contribution is 0.248. The van der Waals surface area contributed by atoms with Crippen LogP contribution in [0.3, 0.4) is 0 Å². The third kappa shape index (κ3) is 4.02. The zero-order valence-electron chi connectivity index (χ0n) is 11.7. The second kappa shape index (κ2) is 6.22. The summed E-state index contributed by atoms with van der Waals surface area (Å²) in [5.41, 5.74) is 0.937. The first-order chi connectivity index (χ1) is 9.47. The Hall–Kier alpha value is -0.950. The minimum absolute atomic E-state index is 0.0184. The molecule has 0 radical (unpaired) electrons. The summed E-state index contributed by atoms with van der Waals surface area (Å²) in [7, 11) is -1.90. The van der Waals surface area contributed by atoms with Gasteiger partial charge in [0.25, 0.3) is 10.2 Å². The predicted molar refractivity (Wildman–Crippen MR) is 78.2 cm³/mol. The van der Waals surface area contributed by atoms with Crippen LogP contribution in [0.15, 0.2) is 30.3 Å². The molecule has 2 N–H and O–H groups in total. The molecule has 0 unspecified atom stereocenters. The fraction of sp³-hybridized carbons (Fsp3) is 0.571. The van der Waals surface area contributed by atoms with Crippen LogP contribution in [-0.2, 0) is 16.8 Å². The van der Waals surface area contributed by atoms with Crippen molar-refractivity contribution in [3.63, 3.8) is 0 Å². The van der Waals surface area contributed by atoms with Gasteiger partial charge >= 0.3 is 0 Å². The average Bonchev–Trinajstić information content (AvgIpc) is 3.19. The van der Waals surface area contributed by atoms with E-state index in [-0.39, 0.29) is 12.0 Å². The van der Waals surface area contributed by atoms with E-state index in [1.54, 1.807) is 7.05 Å². The molecule has 5 nitrogen and oxygen atoms in total. The van der Waals surface area contributed by atoms with Gasteiger partial charge in [-0.1, -0.05) is 30.3 Å². The van der Waals surface area contributed by atoms with Gasteiger partial charge in [-0.3, -0.25) is 0 Å². The van der Waals surface area contributed by atoms with Gasteiger partial charge in [0, 0.05) is 26.7 Å². The number of nitrogens with one attached hydrogen (secondary N) is 1. The molecule has 0 aromatic heterocycles. The van der Waals surface area contributed by atoms with E-state index in [2.05, 4.69) is 4.72 Å². The van der Waals surface area contributed by atoms with E-state index in [9.17, 15) is 8.42 Å². The summed E-state index contributed by atoms with van der Waals surface area (Å²) < 4.78 is 28.3. The minimum atomic E-state index is -3.47. The van der Waals surface area contributed by atoms with Crippen molar-refractivity contribution in [2.45, 2.75) is 25.8 Å². The van der Waals surface area contributed by atoms with Gasteiger partial charge in [-0.2, -0.15) is 12.7 Å². The standard InChI is InChI=1S/C14H22N2O3S/c1-16(11-13-5-3-2-4-6-13)20(18,19)15-12-14(7-8-14)9-10-17/h2-6,15,17H,7-12H2,1H3. The van der Waals surface area contributed by atoms with Crippen molar-refractivity contribution in [2.75, 3.05) is 20.2 Å². The summed E-state index contributed by atoms with van der Waals surface area (Å²) in [4.78, 5) is 0. The van der Waals surface area contributed by atoms with Crippen LogP contribution < -0.4 is 4.72 Å². The molecule has 6 heteroatoms. The van der Waals surface area contributed by atoms with Crippen molar-refractivity contribution in [1.29, 1.82) is 0 Å². The molecule has 0 heterocycles. The lowest BCUT2D eigenvalue weighted by Gasteiger charge is -2.20. The number of aliphatic hydroxyl groups is 1. The molecule has 1 aliphatic carbocycles. The second-order valence-corrected chi connectivity index (χ2v) is 7.40. The quantitative estimate of drug-likeness (QED) is 0.755. The monoisotopic (exact) mass is 298 g/mol. The highest BCUT2D eigenvalue weighted by Gasteiger charge is 2.42. The predicted octanol–water partition coefficient (Wildman–Crippen LogP) is 1.12. The third-order valence-corrected chi connectivity index (χ3v) is 5.35. The first-order valence-electron chi connectivity index (χ1n) is 6.83. The Morgan fingerprint density at radius 3 is 2.50 bits per heavy atom. The van der Waals surface area contributed by atoms with Crippen LogP contribution in [0.4, 0.5) is 0 Å². The Morgan fingerprint density at radius 1 is 1.30 bits per heavy atom. The molecule has 0 spiro atoms. The molecule has 1 saturated carbocycles. The second-order valence-electron chi connectivity index (χ2n) is 5.54. The van der Waals surface area contributed by atoms with Crippen LogP contribution in [0.5, 0.6) is 0 Å². The van der Waals surface area contributed by atoms with Crippen LogP contribution in [0.1, 0.15) is 24.8 Å². The lowest BCUT2D eigenvalue weighted by Crippen LogP contribution is -2.40. The summed E-state index contributed by atoms with van der Waals surface area (Å²) in [6, 6.07) is 9.50. The maximum absolute atomic E-state index is 12.2. The first-order valence-corrected chi connectivity index (χ1v) is 8.27. The Bertz CT molecular complexity index is 527. The van der Waals surface area contributed by atoms with E-state index < -0.39 is 10.2 Å². The largest absolute Gasteiger partial charge is 0.396 e. The smallest absolute Gasteiger partial charge is 0.279 e. The average molecular weight is 298 g/mol. The molecule has 1 fully saturated rings. The normalized spacial score (nSPS) is 17.4. The maximum atomic E-state index is 12.2. The molecule has 0 atom stereocenters. The number of benzene rings is 1. The number of hydrogen-bond acceptors (Lipinski definition) is 3. The zero-order chi connectivity index (χ0) is 14.6. The van der Waals surface area contributed by atoms with Gasteiger partial charge in [-0.05, 0) is 30.2 Å². The molecular formula is C14H22N2O3S. The fourth-order valence-electron chi connectivity index (χ4n) is 2.21. The molecule has 112 valence electrons. The van der Waals surface area contributed by atoms with E-state index in [1.807, 2.05) is 30.3 Å². The topological polar surface area (TPSA) is 69.6 Å². The molecule has 20 heavy (non-hydrogen) atoms. The van der Waals surface area contributed by atoms with E-state index in [0.29, 0.717) is 19.5 Å². The van der Waals surface area contributed by atoms with Gasteiger partial charge < -0.3 is 5.11 Å². The van der Waals surface area contributed by atoms with Gasteiger partial charge in [0.05, 0.1) is 0 Å². The van der Waals surface area contributed by atoms with Crippen molar-refractivity contribution < 1.29 is 13.5 Å². The van der Waals surface area contributed by atoms with Crippen molar-refractivity contribution in [3.8, 4) is 0 Å². The summed E-state index contributed by atoms with van der Waals surface area (Å²) in [6.07, 6.45) is 2.63. The molecule has 0 aliphatic heterocycles. The van der Waals surface area contributed by atoms with Crippen LogP contribution in [-0.4, -0.2) is 38.0 Å². The van der Waals surface area contributed by atoms with Crippen molar-refractivity contribution in [3.05, 3.63) is 35.9 Å². The van der Waals surface area contributed by atoms with Crippen LogP contribution in [0.2, 0.25) is 0 Å². The summed E-state index contributed by atoms with van der Waals surface area (Å²) in [5, 5.41) is 8.99. The molecule has 0 bridgehead atoms. The van der Waals surface area contributed by atoms with E-state index in [0.717, 1.165) is 18.4 Å². The minimum Gasteiger partial charge on any atom is -0.396 e. The van der Waals surface area contributed by atoms with Gasteiger partial charge in [0.1, 0.15) is 0 Å². The lowest BCUT2D eigenvalue weighted by atomic mass is 10.0. The van der Waals surface area contributed by atoms with Crippen molar-refractivity contribution in [2.24, 2.45) is 5.41 Å². The molecule has 1 aromatic carbocycles. The highest BCUT2D eigenvalue weighted by molar-refractivity contribution is 7.87. The number of nitrogens with zero attached hydrogens (tertiary/aromatic N) is 1. The third-order valence-electron chi connectivity index (χ3n) is 3.89. The zero-order valence-corrected chi connectivity index (χ0v) is 12.6. The van der Waals surface area contributed by atoms with Crippen LogP contribution >= 0.6 is 0 Å². The Morgan fingerprint density at radius 2 is 1.95 bits per heavy atom. The highest BCUT2D eigenvalue weighted by Crippen LogP contribution is 2.48. The summed E-state index contributed by atoms with van der Waals surface area (Å²) in [6.45, 7) is 0.875. The van der Waals surface area contributed by atoms with Crippen molar-refractivity contribution in [1.82, 2.24) is 9.03 Å². The molecule has 2 rings (SSSR count). The van der Waals surface area contributed by atoms with Gasteiger partial charge in [-0.25, -0.2) is 4.72 Å². The fourth-order valence-corrected chi connectivity index (χ4v) is 3.24. The number of hydrogen-bond donors (Lipinski definition) is 2. The first kappa shape index (κ1) is 15.4. The molecule has 1 aromatic rings. The number of aliphatic hydroxyl groups excluding tert-OH is 1. The van der Waals surface area contributed by atoms with Crippen LogP contribution in [0, 0.1) is 5.41 Å². The van der Waals surface area contributed by atoms with E-state index in [1.165, 1.54) is 4.31 Å². The maximum Gasteiger partial charge on any atom is 0.279 e. The van der Waals surface area contributed by atoms with E-state index in [4.69, 9.17) is 5.11 Å². The Labute approximate surface area is 120 Å². The summed E-state index contributed by atoms with van der Waals surface area (Å²) in [5.74, 6) is 0. The Balaban J connectivity index is 1.89. The highest BCUT2D eigenvalue weighted by atomic mass is 32.2. The molecular weight excluding hydrogens is 276 g/mol. The molecule has 1 aliphatic rings. The Kier molecular flexibility index (Phi) is 4.80. The van der Waals surface area contributed by atoms with E-state index >= 15 is 0 Å². The van der Waals surface area contributed by atoms with Crippen molar-refractivity contribution >= 4 is 10.2 Å². The van der Waals surface area contributed by atoms with Gasteiger partial charge in [0.15, 0.2) is 0 Å². The molecule has 0 amide bonds.